The van der Waals surface area contributed by atoms with Crippen LogP contribution in [0, 0.1) is 6.92 Å². The minimum atomic E-state index is -3.41. The second-order valence-corrected chi connectivity index (χ2v) is 10.7. The molecule has 1 atom stereocenters. The first kappa shape index (κ1) is 21.7. The molecule has 0 radical (unpaired) electrons. The van der Waals surface area contributed by atoms with Crippen LogP contribution in [0.1, 0.15) is 24.1 Å². The lowest BCUT2D eigenvalue weighted by atomic mass is 10.0. The Balaban J connectivity index is 1.35. The maximum atomic E-state index is 12.0. The van der Waals surface area contributed by atoms with E-state index in [1.165, 1.54) is 0 Å². The number of amides is 1. The number of pyridine rings is 3. The first-order valence-electron chi connectivity index (χ1n) is 11.2. The van der Waals surface area contributed by atoms with E-state index >= 15 is 0 Å². The number of hydrazine groups is 1. The van der Waals surface area contributed by atoms with Crippen LogP contribution in [0.2, 0.25) is 0 Å². The lowest BCUT2D eigenvalue weighted by Gasteiger charge is -2.18. The number of carbonyl (C=O) groups excluding carboxylic acids is 1. The Hall–Kier alpha value is -3.84. The molecule has 3 aromatic heterocycles. The summed E-state index contributed by atoms with van der Waals surface area (Å²) in [6.07, 6.45) is 4.82. The molecule has 3 aromatic rings. The number of carbonyl (C=O) groups is 1. The van der Waals surface area contributed by atoms with Gasteiger partial charge in [-0.05, 0) is 36.4 Å². The van der Waals surface area contributed by atoms with Crippen molar-refractivity contribution >= 4 is 49.9 Å². The number of aliphatic imine (C=N–C) groups is 1. The van der Waals surface area contributed by atoms with Crippen LogP contribution < -0.4 is 21.2 Å². The standard InChI is InChI=1S/C22H23N9O3S/c1-11-14(7-25-17-10-35(33,34)30-21(11)17)16-4-12-5-18(26-8-15(12)22(23)27-16)28-19-6-13-2-3-24-20(32)9-31(13)29-19/h4-5,7-8,13,30H,2-3,6,9-10H2,1H3,(H2,23,27)(H,24,32)(H,26,28,29). The van der Waals surface area contributed by atoms with Gasteiger partial charge in [0.15, 0.2) is 5.82 Å². The monoisotopic (exact) mass is 493 g/mol. The van der Waals surface area contributed by atoms with Crippen LogP contribution in [-0.2, 0) is 20.6 Å². The summed E-state index contributed by atoms with van der Waals surface area (Å²) in [5.41, 5.74) is 12.5. The van der Waals surface area contributed by atoms with Gasteiger partial charge >= 0.3 is 0 Å². The lowest BCUT2D eigenvalue weighted by Crippen LogP contribution is -2.41. The van der Waals surface area contributed by atoms with Crippen molar-refractivity contribution < 1.29 is 13.2 Å². The summed E-state index contributed by atoms with van der Waals surface area (Å²) in [5, 5.41) is 6.28. The van der Waals surface area contributed by atoms with E-state index in [2.05, 4.69) is 35.4 Å². The molecule has 1 unspecified atom stereocenters. The second kappa shape index (κ2) is 7.85. The maximum absolute atomic E-state index is 12.0. The highest BCUT2D eigenvalue weighted by Crippen LogP contribution is 2.36. The van der Waals surface area contributed by atoms with Crippen molar-refractivity contribution in [2.45, 2.75) is 31.6 Å². The second-order valence-electron chi connectivity index (χ2n) is 8.93. The minimum absolute atomic E-state index is 0.00952. The number of nitrogens with zero attached hydrogens (tertiary/aromatic N) is 5. The van der Waals surface area contributed by atoms with Gasteiger partial charge < -0.3 is 16.5 Å². The summed E-state index contributed by atoms with van der Waals surface area (Å²) in [7, 11) is -3.41. The molecule has 2 saturated heterocycles. The van der Waals surface area contributed by atoms with Gasteiger partial charge in [0, 0.05) is 42.4 Å². The number of fused-ring (bicyclic) bond motifs is 3. The third kappa shape index (κ3) is 3.91. The molecule has 35 heavy (non-hydrogen) atoms. The number of rotatable bonds is 2. The quantitative estimate of drug-likeness (QED) is 0.406. The third-order valence-electron chi connectivity index (χ3n) is 6.51. The smallest absolute Gasteiger partial charge is 0.238 e. The summed E-state index contributed by atoms with van der Waals surface area (Å²) in [5.74, 6) is 1.43. The predicted molar refractivity (Wildman–Crippen MR) is 131 cm³/mol. The maximum Gasteiger partial charge on any atom is 0.238 e. The molecular weight excluding hydrogens is 470 g/mol. The normalized spacial score (nSPS) is 22.3. The molecule has 0 bridgehead atoms. The first-order chi connectivity index (χ1) is 16.8. The molecule has 3 aliphatic heterocycles. The van der Waals surface area contributed by atoms with Gasteiger partial charge in [0.2, 0.25) is 15.9 Å². The topological polar surface area (TPSA) is 168 Å². The molecule has 13 heteroatoms. The SMILES string of the molecule is Cc1c(-c2cc3cc(N=C4CC5CCNC(=O)CN5N4)ncc3c(N)n2)cnc2c1NS(=O)(=O)C2. The van der Waals surface area contributed by atoms with Gasteiger partial charge in [-0.25, -0.2) is 28.4 Å². The largest absolute Gasteiger partial charge is 0.383 e. The Morgan fingerprint density at radius 3 is 2.94 bits per heavy atom. The van der Waals surface area contributed by atoms with Crippen LogP contribution in [0.15, 0.2) is 29.5 Å². The van der Waals surface area contributed by atoms with Gasteiger partial charge in [-0.15, -0.1) is 0 Å². The molecular formula is C22H23N9O3S. The van der Waals surface area contributed by atoms with Crippen LogP contribution in [0.5, 0.6) is 0 Å². The number of aromatic nitrogens is 3. The summed E-state index contributed by atoms with van der Waals surface area (Å²) < 4.78 is 26.5. The fourth-order valence-electron chi connectivity index (χ4n) is 4.75. The minimum Gasteiger partial charge on any atom is -0.383 e. The van der Waals surface area contributed by atoms with Crippen LogP contribution in [0.3, 0.4) is 0 Å². The van der Waals surface area contributed by atoms with Crippen molar-refractivity contribution in [2.75, 3.05) is 23.5 Å². The van der Waals surface area contributed by atoms with Crippen LogP contribution in [0.4, 0.5) is 17.3 Å². The summed E-state index contributed by atoms with van der Waals surface area (Å²) >= 11 is 0. The van der Waals surface area contributed by atoms with E-state index in [-0.39, 0.29) is 24.2 Å². The van der Waals surface area contributed by atoms with Gasteiger partial charge in [-0.2, -0.15) is 0 Å². The van der Waals surface area contributed by atoms with E-state index in [1.54, 1.807) is 12.4 Å². The van der Waals surface area contributed by atoms with Gasteiger partial charge in [0.25, 0.3) is 0 Å². The van der Waals surface area contributed by atoms with E-state index in [4.69, 9.17) is 5.73 Å². The molecule has 3 aliphatic rings. The first-order valence-corrected chi connectivity index (χ1v) is 12.8. The summed E-state index contributed by atoms with van der Waals surface area (Å²) in [6, 6.07) is 3.91. The zero-order chi connectivity index (χ0) is 24.3. The number of hydrogen-bond donors (Lipinski definition) is 4. The molecule has 0 spiro atoms. The van der Waals surface area contributed by atoms with Gasteiger partial charge in [-0.1, -0.05) is 0 Å². The van der Waals surface area contributed by atoms with Crippen molar-refractivity contribution in [3.63, 3.8) is 0 Å². The number of amidine groups is 1. The molecule has 0 saturated carbocycles. The number of nitrogens with one attached hydrogen (secondary N) is 3. The lowest BCUT2D eigenvalue weighted by molar-refractivity contribution is -0.121. The Morgan fingerprint density at radius 1 is 1.23 bits per heavy atom. The number of anilines is 2. The molecule has 0 aromatic carbocycles. The molecule has 12 nitrogen and oxygen atoms in total. The van der Waals surface area contributed by atoms with E-state index in [1.807, 2.05) is 24.1 Å². The molecule has 5 N–H and O–H groups in total. The highest BCUT2D eigenvalue weighted by molar-refractivity contribution is 7.92. The molecule has 6 heterocycles. The van der Waals surface area contributed by atoms with Gasteiger partial charge in [-0.3, -0.25) is 14.5 Å². The Labute approximate surface area is 201 Å². The van der Waals surface area contributed by atoms with Gasteiger partial charge in [0.1, 0.15) is 17.4 Å². The van der Waals surface area contributed by atoms with Crippen LogP contribution >= 0.6 is 0 Å². The zero-order valence-corrected chi connectivity index (χ0v) is 19.7. The third-order valence-corrected chi connectivity index (χ3v) is 7.68. The van der Waals surface area contributed by atoms with Crippen molar-refractivity contribution in [1.82, 2.24) is 30.7 Å². The summed E-state index contributed by atoms with van der Waals surface area (Å²) in [6.45, 7) is 2.76. The average molecular weight is 494 g/mol. The summed E-state index contributed by atoms with van der Waals surface area (Å²) in [4.78, 5) is 29.8. The van der Waals surface area contributed by atoms with Crippen molar-refractivity contribution in [2.24, 2.45) is 4.99 Å². The van der Waals surface area contributed by atoms with Crippen LogP contribution in [-0.4, -0.2) is 59.3 Å². The highest BCUT2D eigenvalue weighted by Gasteiger charge is 2.32. The Morgan fingerprint density at radius 2 is 2.09 bits per heavy atom. The zero-order valence-electron chi connectivity index (χ0n) is 18.9. The molecule has 1 amide bonds. The number of nitrogen functional groups attached to an aromatic ring is 1. The van der Waals surface area contributed by atoms with Crippen molar-refractivity contribution in [1.29, 1.82) is 0 Å². The molecule has 180 valence electrons. The number of hydrogen-bond acceptors (Lipinski definition) is 9. The van der Waals surface area contributed by atoms with E-state index in [0.29, 0.717) is 52.6 Å². The van der Waals surface area contributed by atoms with E-state index in [0.717, 1.165) is 23.2 Å². The fraction of sp³-hybridized carbons (Fsp3) is 0.318. The number of sulfonamides is 1. The van der Waals surface area contributed by atoms with Gasteiger partial charge in [0.05, 0.1) is 23.6 Å². The number of nitrogens with two attached hydrogens (primary N) is 1. The van der Waals surface area contributed by atoms with Crippen molar-refractivity contribution in [3.8, 4) is 11.3 Å². The average Bonchev–Trinajstić information content (AvgIpc) is 3.26. The van der Waals surface area contributed by atoms with E-state index in [9.17, 15) is 13.2 Å². The highest BCUT2D eigenvalue weighted by atomic mass is 32.2. The Bertz CT molecular complexity index is 1540. The Kier molecular flexibility index (Phi) is 4.86. The molecule has 2 fully saturated rings. The molecule has 0 aliphatic carbocycles. The van der Waals surface area contributed by atoms with Crippen LogP contribution in [0.25, 0.3) is 22.0 Å². The van der Waals surface area contributed by atoms with Crippen molar-refractivity contribution in [3.05, 3.63) is 35.8 Å². The molecule has 6 rings (SSSR count). The van der Waals surface area contributed by atoms with E-state index < -0.39 is 10.0 Å². The fourth-order valence-corrected chi connectivity index (χ4v) is 5.98. The predicted octanol–water partition coefficient (Wildman–Crippen LogP) is 0.967.